The zero-order chi connectivity index (χ0) is 23.7. The van der Waals surface area contributed by atoms with Gasteiger partial charge >= 0.3 is 5.97 Å². The monoisotopic (exact) mass is 449 g/mol. The van der Waals surface area contributed by atoms with Crippen molar-refractivity contribution in [2.45, 2.75) is 44.7 Å². The fraction of sp³-hybridized carbons (Fsp3) is 0.258. The number of ether oxygens (including phenoxy) is 1. The van der Waals surface area contributed by atoms with Gasteiger partial charge in [-0.25, -0.2) is 4.79 Å². The number of aryl methyl sites for hydroxylation is 1. The van der Waals surface area contributed by atoms with Crippen molar-refractivity contribution >= 4 is 16.7 Å². The maximum atomic E-state index is 12.4. The van der Waals surface area contributed by atoms with Crippen LogP contribution in [0.25, 0.3) is 10.8 Å². The third-order valence-electron chi connectivity index (χ3n) is 7.26. The average Bonchev–Trinajstić information content (AvgIpc) is 2.87. The van der Waals surface area contributed by atoms with Crippen LogP contribution in [0.4, 0.5) is 0 Å². The summed E-state index contributed by atoms with van der Waals surface area (Å²) in [6, 6.07) is 30.7. The number of nitrogens with one attached hydrogen (secondary N) is 1. The zero-order valence-corrected chi connectivity index (χ0v) is 20.0. The van der Waals surface area contributed by atoms with E-state index >= 15 is 0 Å². The quantitative estimate of drug-likeness (QED) is 0.343. The minimum absolute atomic E-state index is 0.227. The molecule has 0 bridgehead atoms. The van der Waals surface area contributed by atoms with Gasteiger partial charge in [0.1, 0.15) is 0 Å². The van der Waals surface area contributed by atoms with Crippen molar-refractivity contribution in [3.8, 4) is 0 Å². The largest absolute Gasteiger partial charge is 0.465 e. The van der Waals surface area contributed by atoms with Crippen LogP contribution in [0.1, 0.15) is 63.5 Å². The lowest BCUT2D eigenvalue weighted by molar-refractivity contribution is 0.0599. The van der Waals surface area contributed by atoms with Crippen LogP contribution in [-0.4, -0.2) is 19.1 Å². The predicted octanol–water partition coefficient (Wildman–Crippen LogP) is 6.73. The van der Waals surface area contributed by atoms with Crippen molar-refractivity contribution in [3.05, 3.63) is 118 Å². The molecule has 172 valence electrons. The Morgan fingerprint density at radius 1 is 0.971 bits per heavy atom. The Hall–Kier alpha value is -3.43. The molecule has 2 unspecified atom stereocenters. The van der Waals surface area contributed by atoms with Crippen molar-refractivity contribution in [3.63, 3.8) is 0 Å². The summed E-state index contributed by atoms with van der Waals surface area (Å²) in [6.45, 7) is 4.22. The molecule has 3 nitrogen and oxygen atoms in total. The Balaban J connectivity index is 1.47. The molecular formula is C31H31NO2. The maximum absolute atomic E-state index is 12.4. The molecule has 5 rings (SSSR count). The van der Waals surface area contributed by atoms with Crippen molar-refractivity contribution in [1.29, 1.82) is 0 Å². The van der Waals surface area contributed by atoms with Crippen molar-refractivity contribution in [2.75, 3.05) is 7.11 Å². The Kier molecular flexibility index (Phi) is 6.21. The molecule has 0 aliphatic heterocycles. The molecule has 3 heteroatoms. The van der Waals surface area contributed by atoms with Gasteiger partial charge in [0.2, 0.25) is 0 Å². The number of rotatable bonds is 5. The summed E-state index contributed by atoms with van der Waals surface area (Å²) in [6.07, 6.45) is 1.98. The van der Waals surface area contributed by atoms with E-state index in [9.17, 15) is 4.79 Å². The Morgan fingerprint density at radius 3 is 2.59 bits per heavy atom. The minimum atomic E-state index is -0.275. The number of carbonyl (C=O) groups excluding carboxylic acids is 1. The smallest absolute Gasteiger partial charge is 0.338 e. The summed E-state index contributed by atoms with van der Waals surface area (Å²) in [5, 5.41) is 6.51. The first-order chi connectivity index (χ1) is 16.5. The van der Waals surface area contributed by atoms with Crippen LogP contribution in [0.3, 0.4) is 0 Å². The molecule has 34 heavy (non-hydrogen) atoms. The lowest BCUT2D eigenvalue weighted by Gasteiger charge is -2.34. The van der Waals surface area contributed by atoms with Gasteiger partial charge in [-0.3, -0.25) is 0 Å². The van der Waals surface area contributed by atoms with Crippen LogP contribution < -0.4 is 5.32 Å². The highest BCUT2D eigenvalue weighted by Gasteiger charge is 2.29. The SMILES string of the molecule is COC(=O)c1cc(C2CC(N[C@H](C)c3cccc4ccccc34)Cc3ccccc32)ccc1C. The summed E-state index contributed by atoms with van der Waals surface area (Å²) >= 11 is 0. The average molecular weight is 450 g/mol. The lowest BCUT2D eigenvalue weighted by Crippen LogP contribution is -2.38. The summed E-state index contributed by atoms with van der Waals surface area (Å²) in [7, 11) is 1.44. The number of carbonyl (C=O) groups is 1. The fourth-order valence-electron chi connectivity index (χ4n) is 5.52. The van der Waals surface area contributed by atoms with Crippen LogP contribution in [0.15, 0.2) is 84.9 Å². The molecule has 4 aromatic rings. The standard InChI is InChI=1S/C31H31NO2/c1-20-15-16-24(18-29(20)31(33)34-3)30-19-25(17-23-10-5-7-13-28(23)30)32-21(2)26-14-8-11-22-9-4-6-12-27(22)26/h4-16,18,21,25,30,32H,17,19H2,1-3H3/t21-,25?,30?/m1/s1. The van der Waals surface area contributed by atoms with E-state index in [1.54, 1.807) is 0 Å². The second kappa shape index (κ2) is 9.44. The molecule has 4 aromatic carbocycles. The Bertz CT molecular complexity index is 1340. The second-order valence-electron chi connectivity index (χ2n) is 9.41. The fourth-order valence-corrected chi connectivity index (χ4v) is 5.52. The Morgan fingerprint density at radius 2 is 1.74 bits per heavy atom. The van der Waals surface area contributed by atoms with Crippen LogP contribution >= 0.6 is 0 Å². The van der Waals surface area contributed by atoms with E-state index in [4.69, 9.17) is 4.74 Å². The zero-order valence-electron chi connectivity index (χ0n) is 20.0. The van der Waals surface area contributed by atoms with Crippen LogP contribution in [0.5, 0.6) is 0 Å². The topological polar surface area (TPSA) is 38.3 Å². The number of hydrogen-bond acceptors (Lipinski definition) is 3. The summed E-state index contributed by atoms with van der Waals surface area (Å²) in [4.78, 5) is 12.4. The molecule has 0 heterocycles. The molecule has 0 amide bonds. The van der Waals surface area contributed by atoms with Crippen molar-refractivity contribution < 1.29 is 9.53 Å². The van der Waals surface area contributed by atoms with Gasteiger partial charge in [0.15, 0.2) is 0 Å². The summed E-state index contributed by atoms with van der Waals surface area (Å²) < 4.78 is 5.04. The van der Waals surface area contributed by atoms with E-state index in [1.807, 2.05) is 19.1 Å². The van der Waals surface area contributed by atoms with Gasteiger partial charge in [-0.05, 0) is 71.3 Å². The second-order valence-corrected chi connectivity index (χ2v) is 9.41. The third-order valence-corrected chi connectivity index (χ3v) is 7.26. The van der Waals surface area contributed by atoms with E-state index in [-0.39, 0.29) is 17.9 Å². The maximum Gasteiger partial charge on any atom is 0.338 e. The van der Waals surface area contributed by atoms with Gasteiger partial charge in [-0.15, -0.1) is 0 Å². The van der Waals surface area contributed by atoms with Crippen molar-refractivity contribution in [2.24, 2.45) is 0 Å². The van der Waals surface area contributed by atoms with Gasteiger partial charge in [0, 0.05) is 18.0 Å². The summed E-state index contributed by atoms with van der Waals surface area (Å²) in [5.74, 6) is -0.0473. The van der Waals surface area contributed by atoms with Gasteiger partial charge in [-0.2, -0.15) is 0 Å². The number of benzene rings is 4. The number of hydrogen-bond donors (Lipinski definition) is 1. The highest BCUT2D eigenvalue weighted by Crippen LogP contribution is 2.38. The van der Waals surface area contributed by atoms with E-state index in [0.29, 0.717) is 11.6 Å². The molecule has 0 radical (unpaired) electrons. The number of esters is 1. The molecule has 3 atom stereocenters. The molecule has 0 saturated carbocycles. The highest BCUT2D eigenvalue weighted by atomic mass is 16.5. The minimum Gasteiger partial charge on any atom is -0.465 e. The molecule has 0 fully saturated rings. The molecule has 1 aliphatic carbocycles. The molecule has 0 aromatic heterocycles. The Labute approximate surface area is 201 Å². The van der Waals surface area contributed by atoms with Crippen LogP contribution in [0, 0.1) is 6.92 Å². The van der Waals surface area contributed by atoms with Crippen LogP contribution in [0.2, 0.25) is 0 Å². The molecule has 0 spiro atoms. The van der Waals surface area contributed by atoms with Gasteiger partial charge in [0.05, 0.1) is 12.7 Å². The summed E-state index contributed by atoms with van der Waals surface area (Å²) in [5.41, 5.74) is 6.83. The van der Waals surface area contributed by atoms with Gasteiger partial charge in [-0.1, -0.05) is 78.9 Å². The first-order valence-electron chi connectivity index (χ1n) is 12.1. The third kappa shape index (κ3) is 4.24. The predicted molar refractivity (Wildman–Crippen MR) is 138 cm³/mol. The number of methoxy groups -OCH3 is 1. The molecule has 1 N–H and O–H groups in total. The highest BCUT2D eigenvalue weighted by molar-refractivity contribution is 5.91. The van der Waals surface area contributed by atoms with Crippen LogP contribution in [-0.2, 0) is 11.2 Å². The van der Waals surface area contributed by atoms with E-state index in [1.165, 1.54) is 40.1 Å². The van der Waals surface area contributed by atoms with E-state index in [2.05, 4.69) is 85.0 Å². The van der Waals surface area contributed by atoms with E-state index in [0.717, 1.165) is 18.4 Å². The van der Waals surface area contributed by atoms with E-state index < -0.39 is 0 Å². The lowest BCUT2D eigenvalue weighted by atomic mass is 9.76. The van der Waals surface area contributed by atoms with Gasteiger partial charge < -0.3 is 10.1 Å². The molecule has 0 saturated heterocycles. The number of fused-ring (bicyclic) bond motifs is 2. The first-order valence-corrected chi connectivity index (χ1v) is 12.1. The normalized spacial score (nSPS) is 18.3. The van der Waals surface area contributed by atoms with Crippen molar-refractivity contribution in [1.82, 2.24) is 5.32 Å². The first kappa shape index (κ1) is 22.4. The molecular weight excluding hydrogens is 418 g/mol. The molecule has 1 aliphatic rings. The van der Waals surface area contributed by atoms with Gasteiger partial charge in [0.25, 0.3) is 0 Å².